The number of anilines is 1. The van der Waals surface area contributed by atoms with Crippen LogP contribution in [-0.4, -0.2) is 12.6 Å². The molecule has 0 saturated heterocycles. The van der Waals surface area contributed by atoms with Crippen molar-refractivity contribution in [2.24, 2.45) is 5.73 Å². The molecular formula is C16H19FN2O. The zero-order chi connectivity index (χ0) is 13.9. The minimum absolute atomic E-state index is 0.172. The molecular weight excluding hydrogens is 255 g/mol. The third-order valence-corrected chi connectivity index (χ3v) is 3.65. The van der Waals surface area contributed by atoms with Crippen molar-refractivity contribution in [2.45, 2.75) is 31.8 Å². The number of nitrogens with two attached hydrogens (primary N) is 1. The van der Waals surface area contributed by atoms with Gasteiger partial charge in [0.1, 0.15) is 11.6 Å². The van der Waals surface area contributed by atoms with Crippen molar-refractivity contribution in [3.05, 3.63) is 53.7 Å². The number of nitrogens with zero attached hydrogens (tertiary/aromatic N) is 1. The Morgan fingerprint density at radius 3 is 2.75 bits per heavy atom. The molecule has 0 bridgehead atoms. The van der Waals surface area contributed by atoms with Gasteiger partial charge in [-0.25, -0.2) is 4.39 Å². The van der Waals surface area contributed by atoms with Crippen molar-refractivity contribution in [3.8, 4) is 0 Å². The SMILES string of the molecule is NCCc1ccc(N(Cc2ccco2)C2CC2)c(F)c1. The lowest BCUT2D eigenvalue weighted by Gasteiger charge is -2.24. The quantitative estimate of drug-likeness (QED) is 0.880. The molecule has 106 valence electrons. The maximum atomic E-state index is 14.3. The van der Waals surface area contributed by atoms with Crippen LogP contribution in [0.5, 0.6) is 0 Å². The highest BCUT2D eigenvalue weighted by molar-refractivity contribution is 5.51. The van der Waals surface area contributed by atoms with Crippen LogP contribution in [0, 0.1) is 5.82 Å². The number of rotatable bonds is 6. The highest BCUT2D eigenvalue weighted by Gasteiger charge is 2.31. The molecule has 4 heteroatoms. The normalized spacial score (nSPS) is 14.5. The molecule has 1 saturated carbocycles. The molecule has 1 fully saturated rings. The highest BCUT2D eigenvalue weighted by atomic mass is 19.1. The fourth-order valence-corrected chi connectivity index (χ4v) is 2.47. The van der Waals surface area contributed by atoms with Crippen LogP contribution >= 0.6 is 0 Å². The third kappa shape index (κ3) is 2.85. The topological polar surface area (TPSA) is 42.4 Å². The van der Waals surface area contributed by atoms with Gasteiger partial charge in [0.05, 0.1) is 18.5 Å². The fourth-order valence-electron chi connectivity index (χ4n) is 2.47. The minimum Gasteiger partial charge on any atom is -0.467 e. The molecule has 0 radical (unpaired) electrons. The van der Waals surface area contributed by atoms with Gasteiger partial charge in [0, 0.05) is 6.04 Å². The first kappa shape index (κ1) is 13.2. The third-order valence-electron chi connectivity index (χ3n) is 3.65. The Balaban J connectivity index is 1.83. The van der Waals surface area contributed by atoms with E-state index in [0.29, 0.717) is 31.2 Å². The summed E-state index contributed by atoms with van der Waals surface area (Å²) in [7, 11) is 0. The zero-order valence-electron chi connectivity index (χ0n) is 11.4. The van der Waals surface area contributed by atoms with E-state index < -0.39 is 0 Å². The predicted octanol–water partition coefficient (Wildman–Crippen LogP) is 3.09. The fraction of sp³-hybridized carbons (Fsp3) is 0.375. The molecule has 0 atom stereocenters. The molecule has 1 aromatic heterocycles. The highest BCUT2D eigenvalue weighted by Crippen LogP contribution is 2.34. The summed E-state index contributed by atoms with van der Waals surface area (Å²) in [5, 5.41) is 0. The Morgan fingerprint density at radius 1 is 1.30 bits per heavy atom. The lowest BCUT2D eigenvalue weighted by molar-refractivity contribution is 0.498. The second-order valence-corrected chi connectivity index (χ2v) is 5.26. The molecule has 3 rings (SSSR count). The van der Waals surface area contributed by atoms with E-state index in [9.17, 15) is 4.39 Å². The van der Waals surface area contributed by atoms with Gasteiger partial charge in [-0.3, -0.25) is 0 Å². The van der Waals surface area contributed by atoms with Crippen molar-refractivity contribution in [1.82, 2.24) is 0 Å². The van der Waals surface area contributed by atoms with Crippen LogP contribution < -0.4 is 10.6 Å². The number of hydrogen-bond donors (Lipinski definition) is 1. The van der Waals surface area contributed by atoms with Crippen LogP contribution in [0.25, 0.3) is 0 Å². The van der Waals surface area contributed by atoms with E-state index in [1.165, 1.54) is 0 Å². The molecule has 0 spiro atoms. The van der Waals surface area contributed by atoms with Crippen molar-refractivity contribution in [3.63, 3.8) is 0 Å². The van der Waals surface area contributed by atoms with Gasteiger partial charge in [-0.15, -0.1) is 0 Å². The van der Waals surface area contributed by atoms with Crippen LogP contribution in [0.2, 0.25) is 0 Å². The van der Waals surface area contributed by atoms with Gasteiger partial charge in [0.25, 0.3) is 0 Å². The molecule has 0 amide bonds. The lowest BCUT2D eigenvalue weighted by Crippen LogP contribution is -2.25. The molecule has 1 aromatic carbocycles. The number of halogens is 1. The molecule has 2 aromatic rings. The van der Waals surface area contributed by atoms with Crippen LogP contribution in [0.3, 0.4) is 0 Å². The first-order valence-electron chi connectivity index (χ1n) is 7.05. The first-order valence-corrected chi connectivity index (χ1v) is 7.05. The molecule has 3 nitrogen and oxygen atoms in total. The number of benzene rings is 1. The Bertz CT molecular complexity index is 564. The molecule has 1 aliphatic rings. The number of hydrogen-bond acceptors (Lipinski definition) is 3. The van der Waals surface area contributed by atoms with E-state index in [2.05, 4.69) is 4.90 Å². The Hall–Kier alpha value is -1.81. The Kier molecular flexibility index (Phi) is 3.74. The summed E-state index contributed by atoms with van der Waals surface area (Å²) >= 11 is 0. The standard InChI is InChI=1S/C16H19FN2O/c17-15-10-12(7-8-18)3-6-16(15)19(13-4-5-13)11-14-2-1-9-20-14/h1-3,6,9-10,13H,4-5,7-8,11,18H2. The number of furan rings is 1. The van der Waals surface area contributed by atoms with Crippen LogP contribution in [0.15, 0.2) is 41.0 Å². The first-order chi connectivity index (χ1) is 9.78. The van der Waals surface area contributed by atoms with Gasteiger partial charge in [-0.05, 0) is 55.6 Å². The van der Waals surface area contributed by atoms with E-state index in [1.807, 2.05) is 24.3 Å². The summed E-state index contributed by atoms with van der Waals surface area (Å²) in [5.41, 5.74) is 7.12. The van der Waals surface area contributed by atoms with Gasteiger partial charge in [-0.1, -0.05) is 6.07 Å². The van der Waals surface area contributed by atoms with Gasteiger partial charge in [0.2, 0.25) is 0 Å². The molecule has 1 heterocycles. The average Bonchev–Trinajstić information content (AvgIpc) is 3.15. The van der Waals surface area contributed by atoms with E-state index >= 15 is 0 Å². The van der Waals surface area contributed by atoms with Crippen LogP contribution in [0.4, 0.5) is 10.1 Å². The molecule has 0 aliphatic heterocycles. The molecule has 0 unspecified atom stereocenters. The maximum absolute atomic E-state index is 14.3. The van der Waals surface area contributed by atoms with Crippen molar-refractivity contribution >= 4 is 5.69 Å². The maximum Gasteiger partial charge on any atom is 0.146 e. The van der Waals surface area contributed by atoms with Crippen LogP contribution in [0.1, 0.15) is 24.2 Å². The van der Waals surface area contributed by atoms with E-state index in [4.69, 9.17) is 10.2 Å². The summed E-state index contributed by atoms with van der Waals surface area (Å²) < 4.78 is 19.7. The summed E-state index contributed by atoms with van der Waals surface area (Å²) in [5.74, 6) is 0.691. The smallest absolute Gasteiger partial charge is 0.146 e. The van der Waals surface area contributed by atoms with E-state index in [0.717, 1.165) is 24.2 Å². The van der Waals surface area contributed by atoms with Gasteiger partial charge >= 0.3 is 0 Å². The minimum atomic E-state index is -0.172. The summed E-state index contributed by atoms with van der Waals surface area (Å²) in [4.78, 5) is 2.10. The van der Waals surface area contributed by atoms with Gasteiger partial charge in [-0.2, -0.15) is 0 Å². The van der Waals surface area contributed by atoms with Crippen molar-refractivity contribution in [2.75, 3.05) is 11.4 Å². The second kappa shape index (κ2) is 5.67. The summed E-state index contributed by atoms with van der Waals surface area (Å²) in [6.07, 6.45) is 4.59. The van der Waals surface area contributed by atoms with Gasteiger partial charge < -0.3 is 15.1 Å². The predicted molar refractivity (Wildman–Crippen MR) is 77.1 cm³/mol. The second-order valence-electron chi connectivity index (χ2n) is 5.26. The van der Waals surface area contributed by atoms with Crippen molar-refractivity contribution < 1.29 is 8.81 Å². The largest absolute Gasteiger partial charge is 0.467 e. The average molecular weight is 274 g/mol. The lowest BCUT2D eigenvalue weighted by atomic mass is 10.1. The summed E-state index contributed by atoms with van der Waals surface area (Å²) in [6.45, 7) is 1.16. The van der Waals surface area contributed by atoms with E-state index in [-0.39, 0.29) is 5.82 Å². The monoisotopic (exact) mass is 274 g/mol. The molecule has 2 N–H and O–H groups in total. The van der Waals surface area contributed by atoms with Crippen LogP contribution in [-0.2, 0) is 13.0 Å². The Morgan fingerprint density at radius 2 is 2.15 bits per heavy atom. The summed E-state index contributed by atoms with van der Waals surface area (Å²) in [6, 6.07) is 9.64. The molecule has 20 heavy (non-hydrogen) atoms. The van der Waals surface area contributed by atoms with Gasteiger partial charge in [0.15, 0.2) is 0 Å². The Labute approximate surface area is 118 Å². The van der Waals surface area contributed by atoms with Crippen molar-refractivity contribution in [1.29, 1.82) is 0 Å². The zero-order valence-corrected chi connectivity index (χ0v) is 11.4. The van der Waals surface area contributed by atoms with E-state index in [1.54, 1.807) is 12.3 Å². The molecule has 1 aliphatic carbocycles.